The third kappa shape index (κ3) is 6.70. The SMILES string of the molecule is CCCNC(=O)CN(C)Cc1ccc(C(=O)Nc2ccc(Cl)c(C)c2)cc1. The Balaban J connectivity index is 1.90. The van der Waals surface area contributed by atoms with Gasteiger partial charge in [0.05, 0.1) is 6.54 Å². The molecule has 0 saturated heterocycles. The molecule has 2 aromatic rings. The zero-order valence-corrected chi connectivity index (χ0v) is 16.8. The van der Waals surface area contributed by atoms with Crippen LogP contribution >= 0.6 is 11.6 Å². The van der Waals surface area contributed by atoms with Crippen molar-refractivity contribution in [2.24, 2.45) is 0 Å². The number of carbonyl (C=O) groups excluding carboxylic acids is 2. The summed E-state index contributed by atoms with van der Waals surface area (Å²) >= 11 is 6.01. The largest absolute Gasteiger partial charge is 0.355 e. The first-order valence-corrected chi connectivity index (χ1v) is 9.38. The molecule has 144 valence electrons. The van der Waals surface area contributed by atoms with Crippen molar-refractivity contribution < 1.29 is 9.59 Å². The summed E-state index contributed by atoms with van der Waals surface area (Å²) < 4.78 is 0. The summed E-state index contributed by atoms with van der Waals surface area (Å²) in [5.74, 6) is -0.149. The molecule has 0 aliphatic carbocycles. The Labute approximate surface area is 165 Å². The van der Waals surface area contributed by atoms with Crippen molar-refractivity contribution >= 4 is 29.1 Å². The maximum atomic E-state index is 12.4. The Morgan fingerprint density at radius 2 is 1.81 bits per heavy atom. The first-order valence-electron chi connectivity index (χ1n) is 9.00. The van der Waals surface area contributed by atoms with E-state index in [2.05, 4.69) is 10.6 Å². The van der Waals surface area contributed by atoms with E-state index >= 15 is 0 Å². The Morgan fingerprint density at radius 3 is 2.44 bits per heavy atom. The zero-order valence-electron chi connectivity index (χ0n) is 16.0. The third-order valence-electron chi connectivity index (χ3n) is 4.07. The van der Waals surface area contributed by atoms with Crippen LogP contribution in [0.25, 0.3) is 0 Å². The van der Waals surface area contributed by atoms with Crippen LogP contribution < -0.4 is 10.6 Å². The highest BCUT2D eigenvalue weighted by molar-refractivity contribution is 6.31. The van der Waals surface area contributed by atoms with Gasteiger partial charge in [0.1, 0.15) is 0 Å². The number of benzene rings is 2. The lowest BCUT2D eigenvalue weighted by molar-refractivity contribution is -0.122. The monoisotopic (exact) mass is 387 g/mol. The van der Waals surface area contributed by atoms with Gasteiger partial charge in [-0.3, -0.25) is 14.5 Å². The molecule has 2 amide bonds. The van der Waals surface area contributed by atoms with Gasteiger partial charge in [-0.1, -0.05) is 30.7 Å². The van der Waals surface area contributed by atoms with Crippen LogP contribution in [-0.2, 0) is 11.3 Å². The van der Waals surface area contributed by atoms with Crippen LogP contribution in [0.15, 0.2) is 42.5 Å². The molecular formula is C21H26ClN3O2. The van der Waals surface area contributed by atoms with Gasteiger partial charge in [-0.05, 0) is 61.9 Å². The minimum atomic E-state index is -0.171. The van der Waals surface area contributed by atoms with E-state index in [1.54, 1.807) is 24.3 Å². The summed E-state index contributed by atoms with van der Waals surface area (Å²) in [4.78, 5) is 26.1. The quantitative estimate of drug-likeness (QED) is 0.723. The first kappa shape index (κ1) is 20.9. The van der Waals surface area contributed by atoms with Crippen molar-refractivity contribution in [3.8, 4) is 0 Å². The summed E-state index contributed by atoms with van der Waals surface area (Å²) in [6.07, 6.45) is 0.925. The minimum absolute atomic E-state index is 0.0219. The molecule has 0 unspecified atom stereocenters. The van der Waals surface area contributed by atoms with Crippen molar-refractivity contribution in [1.82, 2.24) is 10.2 Å². The van der Waals surface area contributed by atoms with Gasteiger partial charge < -0.3 is 10.6 Å². The molecular weight excluding hydrogens is 362 g/mol. The van der Waals surface area contributed by atoms with Crippen LogP contribution in [0.2, 0.25) is 5.02 Å². The van der Waals surface area contributed by atoms with Gasteiger partial charge in [-0.2, -0.15) is 0 Å². The smallest absolute Gasteiger partial charge is 0.255 e. The second-order valence-electron chi connectivity index (χ2n) is 6.64. The highest BCUT2D eigenvalue weighted by Crippen LogP contribution is 2.20. The fourth-order valence-electron chi connectivity index (χ4n) is 2.62. The summed E-state index contributed by atoms with van der Waals surface area (Å²) in [5.41, 5.74) is 3.24. The lowest BCUT2D eigenvalue weighted by Crippen LogP contribution is -2.35. The molecule has 0 spiro atoms. The van der Waals surface area contributed by atoms with Crippen molar-refractivity contribution in [3.05, 3.63) is 64.2 Å². The number of anilines is 1. The molecule has 0 bridgehead atoms. The number of hydrogen-bond acceptors (Lipinski definition) is 3. The Hall–Kier alpha value is -2.37. The van der Waals surface area contributed by atoms with Crippen molar-refractivity contribution in [2.75, 3.05) is 25.5 Å². The van der Waals surface area contributed by atoms with Crippen LogP contribution in [0.5, 0.6) is 0 Å². The molecule has 0 aliphatic heterocycles. The average molecular weight is 388 g/mol. The molecule has 5 nitrogen and oxygen atoms in total. The maximum Gasteiger partial charge on any atom is 0.255 e. The van der Waals surface area contributed by atoms with E-state index in [1.165, 1.54) is 0 Å². The summed E-state index contributed by atoms with van der Waals surface area (Å²) in [6, 6.07) is 12.8. The fraction of sp³-hybridized carbons (Fsp3) is 0.333. The third-order valence-corrected chi connectivity index (χ3v) is 4.49. The zero-order chi connectivity index (χ0) is 19.8. The van der Waals surface area contributed by atoms with Gasteiger partial charge in [0.15, 0.2) is 0 Å². The number of halogens is 1. The predicted molar refractivity (Wildman–Crippen MR) is 110 cm³/mol. The Kier molecular flexibility index (Phi) is 7.82. The molecule has 0 aliphatic rings. The van der Waals surface area contributed by atoms with E-state index in [1.807, 2.05) is 44.0 Å². The van der Waals surface area contributed by atoms with Crippen LogP contribution in [0.3, 0.4) is 0 Å². The lowest BCUT2D eigenvalue weighted by atomic mass is 10.1. The summed E-state index contributed by atoms with van der Waals surface area (Å²) in [5, 5.41) is 6.40. The number of hydrogen-bond donors (Lipinski definition) is 2. The Morgan fingerprint density at radius 1 is 1.11 bits per heavy atom. The molecule has 0 heterocycles. The van der Waals surface area contributed by atoms with Gasteiger partial charge >= 0.3 is 0 Å². The molecule has 6 heteroatoms. The molecule has 0 atom stereocenters. The molecule has 0 aromatic heterocycles. The van der Waals surface area contributed by atoms with E-state index in [9.17, 15) is 9.59 Å². The molecule has 0 radical (unpaired) electrons. The lowest BCUT2D eigenvalue weighted by Gasteiger charge is -2.16. The van der Waals surface area contributed by atoms with Crippen molar-refractivity contribution in [2.45, 2.75) is 26.8 Å². The standard InChI is InChI=1S/C21H26ClN3O2/c1-4-11-23-20(26)14-25(3)13-16-5-7-17(8-6-16)21(27)24-18-9-10-19(22)15(2)12-18/h5-10,12H,4,11,13-14H2,1-3H3,(H,23,26)(H,24,27). The molecule has 0 fully saturated rings. The number of aryl methyl sites for hydroxylation is 1. The van der Waals surface area contributed by atoms with E-state index in [0.717, 1.165) is 17.5 Å². The normalized spacial score (nSPS) is 10.7. The number of amides is 2. The number of carbonyl (C=O) groups is 2. The Bertz CT molecular complexity index is 791. The second-order valence-corrected chi connectivity index (χ2v) is 7.04. The highest BCUT2D eigenvalue weighted by Gasteiger charge is 2.09. The molecule has 2 N–H and O–H groups in total. The maximum absolute atomic E-state index is 12.4. The van der Waals surface area contributed by atoms with E-state index in [0.29, 0.717) is 35.9 Å². The number of likely N-dealkylation sites (N-methyl/N-ethyl adjacent to an activating group) is 1. The first-order chi connectivity index (χ1) is 12.9. The van der Waals surface area contributed by atoms with Crippen LogP contribution in [-0.4, -0.2) is 36.9 Å². The molecule has 27 heavy (non-hydrogen) atoms. The van der Waals surface area contributed by atoms with E-state index in [4.69, 9.17) is 11.6 Å². The number of nitrogens with zero attached hydrogens (tertiary/aromatic N) is 1. The van der Waals surface area contributed by atoms with Crippen LogP contribution in [0.4, 0.5) is 5.69 Å². The summed E-state index contributed by atoms with van der Waals surface area (Å²) in [6.45, 7) is 5.60. The van der Waals surface area contributed by atoms with Crippen molar-refractivity contribution in [3.63, 3.8) is 0 Å². The molecule has 2 aromatic carbocycles. The molecule has 2 rings (SSSR count). The van der Waals surface area contributed by atoms with Gasteiger partial charge in [0, 0.05) is 29.4 Å². The van der Waals surface area contributed by atoms with Crippen molar-refractivity contribution in [1.29, 1.82) is 0 Å². The van der Waals surface area contributed by atoms with Gasteiger partial charge in [-0.25, -0.2) is 0 Å². The van der Waals surface area contributed by atoms with Gasteiger partial charge in [0.25, 0.3) is 5.91 Å². The number of rotatable bonds is 8. The fourth-order valence-corrected chi connectivity index (χ4v) is 2.74. The highest BCUT2D eigenvalue weighted by atomic mass is 35.5. The van der Waals surface area contributed by atoms with Crippen LogP contribution in [0.1, 0.15) is 34.8 Å². The topological polar surface area (TPSA) is 61.4 Å². The van der Waals surface area contributed by atoms with Gasteiger partial charge in [-0.15, -0.1) is 0 Å². The number of nitrogens with one attached hydrogen (secondary N) is 2. The predicted octanol–water partition coefficient (Wildman–Crippen LogP) is 3.86. The summed E-state index contributed by atoms with van der Waals surface area (Å²) in [7, 11) is 1.90. The average Bonchev–Trinajstić information content (AvgIpc) is 2.63. The molecule has 0 saturated carbocycles. The van der Waals surface area contributed by atoms with Crippen LogP contribution in [0, 0.1) is 6.92 Å². The van der Waals surface area contributed by atoms with E-state index in [-0.39, 0.29) is 11.8 Å². The van der Waals surface area contributed by atoms with Gasteiger partial charge in [0.2, 0.25) is 5.91 Å². The minimum Gasteiger partial charge on any atom is -0.355 e. The van der Waals surface area contributed by atoms with E-state index < -0.39 is 0 Å². The second kappa shape index (κ2) is 10.1.